The lowest BCUT2D eigenvalue weighted by Gasteiger charge is -2.40. The van der Waals surface area contributed by atoms with Crippen LogP contribution in [0, 0.1) is 13.8 Å². The van der Waals surface area contributed by atoms with Crippen molar-refractivity contribution >= 4 is 21.9 Å². The number of hydrogen-bond acceptors (Lipinski definition) is 2. The maximum Gasteiger partial charge on any atom is 0.314 e. The van der Waals surface area contributed by atoms with Crippen molar-refractivity contribution in [1.29, 1.82) is 0 Å². The van der Waals surface area contributed by atoms with Crippen LogP contribution in [0.1, 0.15) is 36.0 Å². The van der Waals surface area contributed by atoms with Gasteiger partial charge in [0.15, 0.2) is 0 Å². The van der Waals surface area contributed by atoms with Crippen LogP contribution in [0.4, 0.5) is 0 Å². The van der Waals surface area contributed by atoms with Gasteiger partial charge in [-0.25, -0.2) is 0 Å². The fraction of sp³-hybridized carbons (Fsp3) is 0.500. The van der Waals surface area contributed by atoms with E-state index in [1.54, 1.807) is 7.11 Å². The van der Waals surface area contributed by atoms with Gasteiger partial charge in [-0.1, -0.05) is 12.5 Å². The number of aryl methyl sites for hydroxylation is 2. The molecule has 1 aromatic carbocycles. The van der Waals surface area contributed by atoms with Crippen LogP contribution in [0.3, 0.4) is 0 Å². The molecule has 1 saturated carbocycles. The molecule has 0 heterocycles. The van der Waals surface area contributed by atoms with Crippen LogP contribution in [0.25, 0.3) is 0 Å². The van der Waals surface area contributed by atoms with Crippen molar-refractivity contribution in [2.24, 2.45) is 0 Å². The predicted molar refractivity (Wildman–Crippen MR) is 73.3 cm³/mol. The van der Waals surface area contributed by atoms with Crippen molar-refractivity contribution in [3.05, 3.63) is 27.2 Å². The van der Waals surface area contributed by atoms with E-state index < -0.39 is 11.4 Å². The summed E-state index contributed by atoms with van der Waals surface area (Å²) in [6, 6.07) is 2.02. The summed E-state index contributed by atoms with van der Waals surface area (Å²) in [4.78, 5) is 11.6. The monoisotopic (exact) mass is 312 g/mol. The molecule has 3 nitrogen and oxygen atoms in total. The minimum absolute atomic E-state index is 0.676. The van der Waals surface area contributed by atoms with Crippen LogP contribution in [-0.4, -0.2) is 18.2 Å². The van der Waals surface area contributed by atoms with Gasteiger partial charge in [-0.3, -0.25) is 4.79 Å². The van der Waals surface area contributed by atoms with Gasteiger partial charge in [-0.2, -0.15) is 0 Å². The first-order valence-corrected chi connectivity index (χ1v) is 6.81. The average molecular weight is 313 g/mol. The maximum absolute atomic E-state index is 11.6. The van der Waals surface area contributed by atoms with E-state index in [1.165, 1.54) is 0 Å². The molecule has 98 valence electrons. The molecular formula is C14H17BrO3. The van der Waals surface area contributed by atoms with E-state index in [0.29, 0.717) is 18.6 Å². The lowest BCUT2D eigenvalue weighted by atomic mass is 9.63. The van der Waals surface area contributed by atoms with Crippen LogP contribution < -0.4 is 4.74 Å². The molecule has 0 atom stereocenters. The van der Waals surface area contributed by atoms with Crippen LogP contribution in [0.15, 0.2) is 10.5 Å². The number of ether oxygens (including phenoxy) is 1. The number of methoxy groups -OCH3 is 1. The normalized spacial score (nSPS) is 17.1. The van der Waals surface area contributed by atoms with Crippen molar-refractivity contribution in [3.63, 3.8) is 0 Å². The van der Waals surface area contributed by atoms with Gasteiger partial charge in [-0.15, -0.1) is 0 Å². The summed E-state index contributed by atoms with van der Waals surface area (Å²) in [5.74, 6) is -0.0690. The molecule has 1 aromatic rings. The Morgan fingerprint density at radius 3 is 2.39 bits per heavy atom. The first-order valence-electron chi connectivity index (χ1n) is 6.01. The van der Waals surface area contributed by atoms with Crippen molar-refractivity contribution in [1.82, 2.24) is 0 Å². The molecule has 0 unspecified atom stereocenters. The molecule has 0 saturated heterocycles. The van der Waals surface area contributed by atoms with Crippen molar-refractivity contribution in [3.8, 4) is 5.75 Å². The van der Waals surface area contributed by atoms with Crippen LogP contribution in [-0.2, 0) is 10.2 Å². The molecule has 18 heavy (non-hydrogen) atoms. The second-order valence-electron chi connectivity index (χ2n) is 4.97. The van der Waals surface area contributed by atoms with E-state index in [4.69, 9.17) is 4.74 Å². The molecule has 1 aliphatic carbocycles. The number of carbonyl (C=O) groups is 1. The number of hydrogen-bond donors (Lipinski definition) is 1. The maximum atomic E-state index is 11.6. The first kappa shape index (κ1) is 13.4. The number of rotatable bonds is 3. The largest absolute Gasteiger partial charge is 0.495 e. The SMILES string of the molecule is COc1c(Br)c(C)cc(C)c1C1(C(=O)O)CCC1. The summed E-state index contributed by atoms with van der Waals surface area (Å²) >= 11 is 3.50. The van der Waals surface area contributed by atoms with E-state index >= 15 is 0 Å². The van der Waals surface area contributed by atoms with Crippen LogP contribution >= 0.6 is 15.9 Å². The minimum Gasteiger partial charge on any atom is -0.495 e. The molecule has 1 aliphatic rings. The standard InChI is InChI=1S/C14H17BrO3/c1-8-7-9(2)11(15)12(18-3)10(8)14(13(16)17)5-4-6-14/h7H,4-6H2,1-3H3,(H,16,17). The van der Waals surface area contributed by atoms with Gasteiger partial charge < -0.3 is 9.84 Å². The van der Waals surface area contributed by atoms with E-state index in [9.17, 15) is 9.90 Å². The van der Waals surface area contributed by atoms with Gasteiger partial charge in [0.05, 0.1) is 17.0 Å². The summed E-state index contributed by atoms with van der Waals surface area (Å²) in [5, 5.41) is 9.57. The van der Waals surface area contributed by atoms with Crippen LogP contribution in [0.5, 0.6) is 5.75 Å². The average Bonchev–Trinajstić information content (AvgIpc) is 2.23. The Hall–Kier alpha value is -1.03. The van der Waals surface area contributed by atoms with Crippen molar-refractivity contribution in [2.45, 2.75) is 38.5 Å². The second kappa shape index (κ2) is 4.57. The van der Waals surface area contributed by atoms with E-state index in [2.05, 4.69) is 15.9 Å². The molecule has 2 rings (SSSR count). The summed E-state index contributed by atoms with van der Waals surface area (Å²) < 4.78 is 6.32. The Morgan fingerprint density at radius 2 is 2.00 bits per heavy atom. The molecule has 0 bridgehead atoms. The Balaban J connectivity index is 2.70. The molecule has 1 fully saturated rings. The highest BCUT2D eigenvalue weighted by molar-refractivity contribution is 9.10. The minimum atomic E-state index is -0.758. The number of halogens is 1. The number of carboxylic acid groups (broad SMARTS) is 1. The van der Waals surface area contributed by atoms with Gasteiger partial charge in [-0.05, 0) is 53.7 Å². The number of benzene rings is 1. The Kier molecular flexibility index (Phi) is 3.41. The van der Waals surface area contributed by atoms with Gasteiger partial charge in [0.1, 0.15) is 5.75 Å². The second-order valence-corrected chi connectivity index (χ2v) is 5.77. The molecule has 0 aromatic heterocycles. The third-order valence-electron chi connectivity index (χ3n) is 3.90. The molecule has 4 heteroatoms. The lowest BCUT2D eigenvalue weighted by Crippen LogP contribution is -2.43. The van der Waals surface area contributed by atoms with Gasteiger partial charge in [0.2, 0.25) is 0 Å². The molecule has 0 radical (unpaired) electrons. The highest BCUT2D eigenvalue weighted by atomic mass is 79.9. The highest BCUT2D eigenvalue weighted by Gasteiger charge is 2.49. The van der Waals surface area contributed by atoms with Gasteiger partial charge in [0.25, 0.3) is 0 Å². The van der Waals surface area contributed by atoms with Gasteiger partial charge in [0, 0.05) is 5.56 Å². The summed E-state index contributed by atoms with van der Waals surface area (Å²) in [6.07, 6.45) is 2.34. The summed E-state index contributed by atoms with van der Waals surface area (Å²) in [7, 11) is 1.59. The number of aliphatic carboxylic acids is 1. The van der Waals surface area contributed by atoms with E-state index in [-0.39, 0.29) is 0 Å². The lowest BCUT2D eigenvalue weighted by molar-refractivity contribution is -0.147. The van der Waals surface area contributed by atoms with Gasteiger partial charge >= 0.3 is 5.97 Å². The fourth-order valence-electron chi connectivity index (χ4n) is 2.82. The molecular weight excluding hydrogens is 296 g/mol. The first-order chi connectivity index (χ1) is 8.44. The number of carboxylic acids is 1. The molecule has 0 amide bonds. The van der Waals surface area contributed by atoms with E-state index in [0.717, 1.165) is 27.6 Å². The zero-order valence-electron chi connectivity index (χ0n) is 10.8. The summed E-state index contributed by atoms with van der Waals surface area (Å²) in [5.41, 5.74) is 2.13. The van der Waals surface area contributed by atoms with E-state index in [1.807, 2.05) is 19.9 Å². The predicted octanol–water partition coefficient (Wildman–Crippen LogP) is 3.58. The molecule has 1 N–H and O–H groups in total. The quantitative estimate of drug-likeness (QED) is 0.928. The Labute approximate surface area is 115 Å². The van der Waals surface area contributed by atoms with Crippen molar-refractivity contribution < 1.29 is 14.6 Å². The smallest absolute Gasteiger partial charge is 0.314 e. The zero-order valence-corrected chi connectivity index (χ0v) is 12.4. The molecule has 0 aliphatic heterocycles. The zero-order chi connectivity index (χ0) is 13.5. The molecule has 0 spiro atoms. The highest BCUT2D eigenvalue weighted by Crippen LogP contribution is 2.51. The topological polar surface area (TPSA) is 46.5 Å². The third-order valence-corrected chi connectivity index (χ3v) is 4.88. The third kappa shape index (κ3) is 1.74. The summed E-state index contributed by atoms with van der Waals surface area (Å²) in [6.45, 7) is 3.94. The fourth-order valence-corrected chi connectivity index (χ4v) is 3.29. The Bertz CT molecular complexity index is 504. The van der Waals surface area contributed by atoms with Crippen molar-refractivity contribution in [2.75, 3.05) is 7.11 Å². The Morgan fingerprint density at radius 1 is 1.39 bits per heavy atom. The van der Waals surface area contributed by atoms with Crippen LogP contribution in [0.2, 0.25) is 0 Å².